The van der Waals surface area contributed by atoms with E-state index in [9.17, 15) is 9.90 Å². The molecule has 1 heterocycles. The highest BCUT2D eigenvalue weighted by Crippen LogP contribution is 2.35. The van der Waals surface area contributed by atoms with Crippen LogP contribution in [0.2, 0.25) is 0 Å². The number of aromatic nitrogens is 2. The molecule has 0 unspecified atom stereocenters. The summed E-state index contributed by atoms with van der Waals surface area (Å²) >= 11 is 0. The lowest BCUT2D eigenvalue weighted by molar-refractivity contribution is -0.116. The Kier molecular flexibility index (Phi) is 11.9. The second-order valence-electron chi connectivity index (χ2n) is 4.95. The third kappa shape index (κ3) is 7.29. The quantitative estimate of drug-likeness (QED) is 0.359. The van der Waals surface area contributed by atoms with Crippen LogP contribution in [0, 0.1) is 6.92 Å². The molecule has 0 fully saturated rings. The molecular formula is C15H25ClN4O2S2. The molecule has 136 valence electrons. The molecule has 0 aliphatic carbocycles. The number of aliphatic hydroxyl groups excluding tert-OH is 1. The number of carbonyl (C=O) groups excluding carboxylic acids is 1. The third-order valence-corrected chi connectivity index (χ3v) is 5.96. The van der Waals surface area contributed by atoms with E-state index >= 15 is 0 Å². The number of aryl methyl sites for hydroxylation is 1. The van der Waals surface area contributed by atoms with Gasteiger partial charge in [-0.05, 0) is 20.3 Å². The Bertz CT molecular complexity index is 558. The van der Waals surface area contributed by atoms with Crippen molar-refractivity contribution in [1.29, 1.82) is 0 Å². The van der Waals surface area contributed by atoms with E-state index in [-0.39, 0.29) is 19.0 Å². The number of nitrogens with zero attached hydrogens (tertiary/aromatic N) is 3. The molecule has 1 amide bonds. The topological polar surface area (TPSA) is 92.3 Å². The van der Waals surface area contributed by atoms with E-state index in [1.165, 1.54) is 0 Å². The van der Waals surface area contributed by atoms with Crippen LogP contribution in [-0.4, -0.2) is 38.7 Å². The highest BCUT2D eigenvalue weighted by atomic mass is 35.5. The molecule has 0 saturated heterocycles. The fourth-order valence-electron chi connectivity index (χ4n) is 1.79. The van der Waals surface area contributed by atoms with Gasteiger partial charge < -0.3 is 15.7 Å². The smallest absolute Gasteiger partial charge is 0.214 e. The van der Waals surface area contributed by atoms with Gasteiger partial charge >= 0.3 is 0 Å². The number of anilines is 1. The summed E-state index contributed by atoms with van der Waals surface area (Å²) < 4.78 is 0. The first-order valence-electron chi connectivity index (χ1n) is 7.43. The van der Waals surface area contributed by atoms with Crippen molar-refractivity contribution in [2.75, 3.05) is 18.1 Å². The number of hydrogen-bond acceptors (Lipinski definition) is 7. The number of hydrogen-bond donors (Lipinski definition) is 2. The summed E-state index contributed by atoms with van der Waals surface area (Å²) in [5, 5.41) is 9.26. The minimum absolute atomic E-state index is 0. The molecule has 24 heavy (non-hydrogen) atoms. The number of nitrogen functional groups attached to an aromatic ring is 1. The summed E-state index contributed by atoms with van der Waals surface area (Å²) in [6.07, 6.45) is 4.03. The fraction of sp³-hybridized carbons (Fsp3) is 0.533. The van der Waals surface area contributed by atoms with E-state index in [0.29, 0.717) is 30.2 Å². The van der Waals surface area contributed by atoms with E-state index in [4.69, 9.17) is 5.73 Å². The van der Waals surface area contributed by atoms with Crippen LogP contribution in [-0.2, 0) is 11.3 Å². The first-order chi connectivity index (χ1) is 11.0. The zero-order chi connectivity index (χ0) is 17.2. The van der Waals surface area contributed by atoms with Crippen LogP contribution in [0.1, 0.15) is 38.1 Å². The molecule has 0 saturated carbocycles. The van der Waals surface area contributed by atoms with Crippen molar-refractivity contribution < 1.29 is 9.90 Å². The summed E-state index contributed by atoms with van der Waals surface area (Å²) in [4.78, 5) is 22.3. The molecule has 1 aromatic heterocycles. The van der Waals surface area contributed by atoms with Gasteiger partial charge in [0.1, 0.15) is 11.6 Å². The largest absolute Gasteiger partial charge is 0.396 e. The molecule has 0 spiro atoms. The molecule has 0 atom stereocenters. The van der Waals surface area contributed by atoms with Gasteiger partial charge in [0.2, 0.25) is 6.41 Å². The maximum atomic E-state index is 11.5. The fourth-order valence-corrected chi connectivity index (χ4v) is 4.39. The van der Waals surface area contributed by atoms with Crippen LogP contribution in [0.15, 0.2) is 16.8 Å². The van der Waals surface area contributed by atoms with Crippen LogP contribution in [0.25, 0.3) is 0 Å². The van der Waals surface area contributed by atoms with Gasteiger partial charge in [-0.15, -0.1) is 12.4 Å². The molecule has 1 aromatic rings. The number of carbonyl (C=O) groups is 1. The summed E-state index contributed by atoms with van der Waals surface area (Å²) in [5.41, 5.74) is 7.43. The Balaban J connectivity index is 0.00000529. The Hall–Kier alpha value is -0.960. The molecule has 6 nitrogen and oxygen atoms in total. The molecule has 1 rings (SSSR count). The summed E-state index contributed by atoms with van der Waals surface area (Å²) in [5.74, 6) is 2.00. The number of amides is 1. The first-order valence-corrected chi connectivity index (χ1v) is 9.75. The Morgan fingerprint density at radius 3 is 2.75 bits per heavy atom. The predicted molar refractivity (Wildman–Crippen MR) is 105 cm³/mol. The van der Waals surface area contributed by atoms with Crippen LogP contribution in [0.3, 0.4) is 0 Å². The van der Waals surface area contributed by atoms with E-state index in [1.807, 2.05) is 6.92 Å². The maximum Gasteiger partial charge on any atom is 0.214 e. The maximum absolute atomic E-state index is 11.5. The first kappa shape index (κ1) is 23.0. The van der Waals surface area contributed by atoms with Gasteiger partial charge in [0, 0.05) is 41.1 Å². The average Bonchev–Trinajstić information content (AvgIpc) is 2.53. The summed E-state index contributed by atoms with van der Waals surface area (Å²) in [6, 6.07) is 0. The van der Waals surface area contributed by atoms with Crippen molar-refractivity contribution in [2.45, 2.75) is 40.2 Å². The van der Waals surface area contributed by atoms with Gasteiger partial charge in [-0.25, -0.2) is 9.97 Å². The Labute approximate surface area is 157 Å². The molecule has 0 aromatic carbocycles. The normalized spacial score (nSPS) is 11.5. The lowest BCUT2D eigenvalue weighted by Crippen LogP contribution is -2.21. The zero-order valence-corrected chi connectivity index (χ0v) is 16.6. The molecule has 0 radical (unpaired) electrons. The molecule has 3 N–H and O–H groups in total. The summed E-state index contributed by atoms with van der Waals surface area (Å²) in [7, 11) is 3.34. The van der Waals surface area contributed by atoms with Gasteiger partial charge in [0.15, 0.2) is 0 Å². The number of nitrogens with two attached hydrogens (primary N) is 1. The standard InChI is InChI=1S/C15H24N4O2S2.ClH/c1-4-7-22-23-14(5-6-20)11(2)19(10-21)9-13-8-17-12(3)18-15(13)16;/h8,10,20H,4-7,9H2,1-3H3,(H2,16,17,18);1H. The van der Waals surface area contributed by atoms with Crippen LogP contribution >= 0.6 is 34.0 Å². The van der Waals surface area contributed by atoms with E-state index in [0.717, 1.165) is 29.2 Å². The Morgan fingerprint density at radius 1 is 1.50 bits per heavy atom. The number of aliphatic hydroxyl groups is 1. The monoisotopic (exact) mass is 392 g/mol. The third-order valence-electron chi connectivity index (χ3n) is 3.11. The highest BCUT2D eigenvalue weighted by Gasteiger charge is 2.14. The van der Waals surface area contributed by atoms with Gasteiger partial charge in [0.25, 0.3) is 0 Å². The molecular weight excluding hydrogens is 368 g/mol. The number of halogens is 1. The number of allylic oxidation sites excluding steroid dienone is 1. The average molecular weight is 393 g/mol. The molecule has 0 bridgehead atoms. The minimum Gasteiger partial charge on any atom is -0.396 e. The molecule has 0 aliphatic rings. The number of rotatable bonds is 10. The minimum atomic E-state index is 0. The van der Waals surface area contributed by atoms with Crippen LogP contribution < -0.4 is 5.73 Å². The van der Waals surface area contributed by atoms with E-state index in [1.54, 1.807) is 39.6 Å². The van der Waals surface area contributed by atoms with Crippen molar-refractivity contribution in [3.8, 4) is 0 Å². The van der Waals surface area contributed by atoms with Crippen LogP contribution in [0.4, 0.5) is 5.82 Å². The highest BCUT2D eigenvalue weighted by molar-refractivity contribution is 8.78. The zero-order valence-electron chi connectivity index (χ0n) is 14.2. The molecule has 9 heteroatoms. The predicted octanol–water partition coefficient (Wildman–Crippen LogP) is 3.15. The van der Waals surface area contributed by atoms with Crippen molar-refractivity contribution in [3.05, 3.63) is 28.2 Å². The Morgan fingerprint density at radius 2 is 2.21 bits per heavy atom. The van der Waals surface area contributed by atoms with Crippen molar-refractivity contribution in [2.24, 2.45) is 0 Å². The second-order valence-corrected chi connectivity index (χ2v) is 7.46. The molecule has 0 aliphatic heterocycles. The van der Waals surface area contributed by atoms with Crippen molar-refractivity contribution in [1.82, 2.24) is 14.9 Å². The van der Waals surface area contributed by atoms with Gasteiger partial charge in [-0.3, -0.25) is 4.79 Å². The van der Waals surface area contributed by atoms with E-state index < -0.39 is 0 Å². The van der Waals surface area contributed by atoms with Crippen LogP contribution in [0.5, 0.6) is 0 Å². The SMILES string of the molecule is CCCSSC(CCO)=C(C)N(C=O)Cc1cnc(C)nc1N.Cl. The lowest BCUT2D eigenvalue weighted by atomic mass is 10.2. The summed E-state index contributed by atoms with van der Waals surface area (Å²) in [6.45, 7) is 6.13. The van der Waals surface area contributed by atoms with E-state index in [2.05, 4.69) is 16.9 Å². The van der Waals surface area contributed by atoms with Gasteiger partial charge in [0.05, 0.1) is 6.54 Å². The van der Waals surface area contributed by atoms with Gasteiger partial charge in [-0.2, -0.15) is 0 Å². The van der Waals surface area contributed by atoms with Gasteiger partial charge in [-0.1, -0.05) is 28.5 Å². The second kappa shape index (κ2) is 12.4. The lowest BCUT2D eigenvalue weighted by Gasteiger charge is -2.22. The van der Waals surface area contributed by atoms with Crippen molar-refractivity contribution in [3.63, 3.8) is 0 Å². The van der Waals surface area contributed by atoms with Crippen molar-refractivity contribution >= 4 is 46.2 Å².